The van der Waals surface area contributed by atoms with Crippen molar-refractivity contribution in [1.29, 1.82) is 5.26 Å². The molecule has 0 saturated heterocycles. The Balaban J connectivity index is 1.66. The summed E-state index contributed by atoms with van der Waals surface area (Å²) in [7, 11) is 0. The Morgan fingerprint density at radius 2 is 1.67 bits per heavy atom. The summed E-state index contributed by atoms with van der Waals surface area (Å²) in [5.41, 5.74) is 2.73. The molecule has 0 spiro atoms. The Morgan fingerprint density at radius 3 is 2.27 bits per heavy atom. The molecule has 0 fully saturated rings. The molecule has 0 atom stereocenters. The van der Waals surface area contributed by atoms with Gasteiger partial charge in [0, 0.05) is 15.7 Å². The van der Waals surface area contributed by atoms with Gasteiger partial charge in [0.2, 0.25) is 0 Å². The van der Waals surface area contributed by atoms with E-state index in [2.05, 4.69) is 27.3 Å². The highest BCUT2D eigenvalue weighted by atomic mass is 79.9. The third kappa shape index (κ3) is 6.11. The molecule has 3 rings (SSSR count). The number of hydrogen-bond acceptors (Lipinski definition) is 3. The van der Waals surface area contributed by atoms with E-state index in [-0.39, 0.29) is 12.5 Å². The van der Waals surface area contributed by atoms with Crippen LogP contribution < -0.4 is 10.1 Å². The molecule has 0 aliphatic heterocycles. The summed E-state index contributed by atoms with van der Waals surface area (Å²) in [5.74, 6) is 0.228. The maximum atomic E-state index is 12.1. The predicted octanol–water partition coefficient (Wildman–Crippen LogP) is 6.84. The van der Waals surface area contributed by atoms with E-state index in [4.69, 9.17) is 27.9 Å². The summed E-state index contributed by atoms with van der Waals surface area (Å²) in [6.45, 7) is -0.148. The van der Waals surface area contributed by atoms with Gasteiger partial charge in [-0.3, -0.25) is 4.79 Å². The van der Waals surface area contributed by atoms with Crippen molar-refractivity contribution in [3.05, 3.63) is 92.4 Å². The van der Waals surface area contributed by atoms with Gasteiger partial charge in [-0.15, -0.1) is 0 Å². The Kier molecular flexibility index (Phi) is 7.53. The molecule has 4 nitrogen and oxygen atoms in total. The van der Waals surface area contributed by atoms with E-state index in [1.807, 2.05) is 12.1 Å². The van der Waals surface area contributed by atoms with Gasteiger partial charge in [0.15, 0.2) is 6.61 Å². The van der Waals surface area contributed by atoms with Crippen molar-refractivity contribution in [2.75, 3.05) is 11.9 Å². The monoisotopic (exact) mass is 500 g/mol. The van der Waals surface area contributed by atoms with E-state index in [0.717, 1.165) is 11.1 Å². The molecular weight excluding hydrogens is 487 g/mol. The number of carbonyl (C=O) groups excluding carboxylic acids is 1. The minimum Gasteiger partial charge on any atom is -0.483 e. The van der Waals surface area contributed by atoms with Crippen LogP contribution in [0.2, 0.25) is 10.0 Å². The Morgan fingerprint density at radius 1 is 1.03 bits per heavy atom. The highest BCUT2D eigenvalue weighted by molar-refractivity contribution is 9.10. The maximum absolute atomic E-state index is 12.1. The average molecular weight is 502 g/mol. The normalized spacial score (nSPS) is 10.9. The summed E-state index contributed by atoms with van der Waals surface area (Å²) in [5, 5.41) is 13.4. The molecule has 0 aliphatic carbocycles. The number of rotatable bonds is 6. The van der Waals surface area contributed by atoms with Gasteiger partial charge < -0.3 is 10.1 Å². The molecule has 1 amide bonds. The minimum atomic E-state index is -0.289. The Hall–Kier alpha value is -2.78. The molecule has 0 heterocycles. The number of hydrogen-bond donors (Lipinski definition) is 1. The van der Waals surface area contributed by atoms with Crippen molar-refractivity contribution in [2.45, 2.75) is 0 Å². The van der Waals surface area contributed by atoms with Gasteiger partial charge in [-0.2, -0.15) is 5.26 Å². The van der Waals surface area contributed by atoms with E-state index < -0.39 is 0 Å². The Labute approximate surface area is 192 Å². The van der Waals surface area contributed by atoms with Crippen LogP contribution >= 0.6 is 39.1 Å². The van der Waals surface area contributed by atoms with Crippen LogP contribution in [0, 0.1) is 11.3 Å². The van der Waals surface area contributed by atoms with E-state index in [9.17, 15) is 10.1 Å². The number of nitriles is 1. The third-order valence-electron chi connectivity index (χ3n) is 4.03. The van der Waals surface area contributed by atoms with Gasteiger partial charge >= 0.3 is 0 Å². The van der Waals surface area contributed by atoms with E-state index in [0.29, 0.717) is 31.5 Å². The topological polar surface area (TPSA) is 62.1 Å². The number of benzene rings is 3. The fourth-order valence-electron chi connectivity index (χ4n) is 2.57. The van der Waals surface area contributed by atoms with Crippen molar-refractivity contribution in [1.82, 2.24) is 0 Å². The Bertz CT molecular complexity index is 1120. The maximum Gasteiger partial charge on any atom is 0.262 e. The fourth-order valence-corrected chi connectivity index (χ4v) is 3.34. The zero-order valence-electron chi connectivity index (χ0n) is 15.5. The first-order chi connectivity index (χ1) is 14.4. The number of allylic oxidation sites excluding steroid dienone is 1. The average Bonchev–Trinajstić information content (AvgIpc) is 2.74. The summed E-state index contributed by atoms with van der Waals surface area (Å²) in [6.07, 6.45) is 1.77. The van der Waals surface area contributed by atoms with Crippen LogP contribution in [0.4, 0.5) is 5.69 Å². The van der Waals surface area contributed by atoms with Gasteiger partial charge in [0.25, 0.3) is 5.91 Å². The number of nitrogens with one attached hydrogen (secondary N) is 1. The van der Waals surface area contributed by atoms with Crippen molar-refractivity contribution in [2.24, 2.45) is 0 Å². The fraction of sp³-hybridized carbons (Fsp3) is 0.0435. The van der Waals surface area contributed by atoms with Crippen LogP contribution in [-0.4, -0.2) is 12.5 Å². The molecule has 30 heavy (non-hydrogen) atoms. The first-order valence-electron chi connectivity index (χ1n) is 8.80. The number of nitrogens with zero attached hydrogens (tertiary/aromatic N) is 1. The lowest BCUT2D eigenvalue weighted by molar-refractivity contribution is -0.118. The van der Waals surface area contributed by atoms with E-state index in [1.54, 1.807) is 60.7 Å². The largest absolute Gasteiger partial charge is 0.483 e. The van der Waals surface area contributed by atoms with Crippen molar-refractivity contribution in [3.63, 3.8) is 0 Å². The van der Waals surface area contributed by atoms with Crippen LogP contribution in [0.15, 0.2) is 71.2 Å². The molecule has 150 valence electrons. The first-order valence-corrected chi connectivity index (χ1v) is 10.3. The number of amides is 1. The van der Waals surface area contributed by atoms with Crippen molar-refractivity contribution < 1.29 is 9.53 Å². The molecule has 0 radical (unpaired) electrons. The quantitative estimate of drug-likeness (QED) is 0.297. The van der Waals surface area contributed by atoms with Gasteiger partial charge in [-0.25, -0.2) is 0 Å². The number of carbonyl (C=O) groups is 1. The summed E-state index contributed by atoms with van der Waals surface area (Å²) < 4.78 is 6.26. The van der Waals surface area contributed by atoms with E-state index in [1.165, 1.54) is 0 Å². The standard InChI is InChI=1S/C23H15BrCl2N2O2/c24-21-12-15(11-17(13-27)16-2-4-18(25)5-3-16)1-10-22(21)30-14-23(29)28-20-8-6-19(26)7-9-20/h1-12H,14H2,(H,28,29)/b17-11+. The van der Waals surface area contributed by atoms with E-state index >= 15 is 0 Å². The second-order valence-electron chi connectivity index (χ2n) is 6.21. The molecule has 0 aromatic heterocycles. The predicted molar refractivity (Wildman–Crippen MR) is 125 cm³/mol. The number of anilines is 1. The second-order valence-corrected chi connectivity index (χ2v) is 7.94. The lowest BCUT2D eigenvalue weighted by atomic mass is 10.0. The van der Waals surface area contributed by atoms with Gasteiger partial charge in [0.05, 0.1) is 16.1 Å². The highest BCUT2D eigenvalue weighted by Crippen LogP contribution is 2.28. The van der Waals surface area contributed by atoms with Crippen LogP contribution in [0.25, 0.3) is 11.6 Å². The molecule has 0 aliphatic rings. The smallest absolute Gasteiger partial charge is 0.262 e. The van der Waals surface area contributed by atoms with Crippen molar-refractivity contribution >= 4 is 62.4 Å². The minimum absolute atomic E-state index is 0.148. The van der Waals surface area contributed by atoms with Crippen LogP contribution in [-0.2, 0) is 4.79 Å². The number of ether oxygens (including phenoxy) is 1. The summed E-state index contributed by atoms with van der Waals surface area (Å²) in [6, 6.07) is 21.5. The van der Waals surface area contributed by atoms with Crippen LogP contribution in [0.5, 0.6) is 5.75 Å². The van der Waals surface area contributed by atoms with Crippen molar-refractivity contribution in [3.8, 4) is 11.8 Å². The SMILES string of the molecule is N#C/C(=C\c1ccc(OCC(=O)Nc2ccc(Cl)cc2)c(Br)c1)c1ccc(Cl)cc1. The zero-order chi connectivity index (χ0) is 21.5. The zero-order valence-corrected chi connectivity index (χ0v) is 18.6. The first kappa shape index (κ1) is 21.9. The third-order valence-corrected chi connectivity index (χ3v) is 5.15. The molecule has 0 unspecified atom stereocenters. The summed E-state index contributed by atoms with van der Waals surface area (Å²) in [4.78, 5) is 12.1. The molecule has 3 aromatic rings. The molecular formula is C23H15BrCl2N2O2. The van der Waals surface area contributed by atoms with Crippen LogP contribution in [0.1, 0.15) is 11.1 Å². The molecule has 0 saturated carbocycles. The molecule has 1 N–H and O–H groups in total. The lowest BCUT2D eigenvalue weighted by Crippen LogP contribution is -2.20. The second kappa shape index (κ2) is 10.3. The van der Waals surface area contributed by atoms with Gasteiger partial charge in [-0.05, 0) is 81.7 Å². The highest BCUT2D eigenvalue weighted by Gasteiger charge is 2.08. The van der Waals surface area contributed by atoms with Crippen LogP contribution in [0.3, 0.4) is 0 Å². The van der Waals surface area contributed by atoms with Gasteiger partial charge in [-0.1, -0.05) is 41.4 Å². The lowest BCUT2D eigenvalue weighted by Gasteiger charge is -2.10. The summed E-state index contributed by atoms with van der Waals surface area (Å²) >= 11 is 15.2. The number of halogens is 3. The molecule has 7 heteroatoms. The molecule has 0 bridgehead atoms. The molecule has 3 aromatic carbocycles. The van der Waals surface area contributed by atoms with Gasteiger partial charge in [0.1, 0.15) is 5.75 Å².